The van der Waals surface area contributed by atoms with Crippen LogP contribution in [0.3, 0.4) is 0 Å². The number of hydrogen-bond acceptors (Lipinski definition) is 7. The molecule has 0 aliphatic rings. The SMILES string of the molecule is COCOc1cc(OCOC)c(C(C)=O)c(OCOC)c1. The summed E-state index contributed by atoms with van der Waals surface area (Å²) in [5, 5.41) is 0. The van der Waals surface area contributed by atoms with Gasteiger partial charge in [0, 0.05) is 33.5 Å². The molecule has 0 bridgehead atoms. The van der Waals surface area contributed by atoms with Crippen molar-refractivity contribution in [1.29, 1.82) is 0 Å². The zero-order valence-electron chi connectivity index (χ0n) is 12.6. The van der Waals surface area contributed by atoms with Gasteiger partial charge in [-0.3, -0.25) is 4.79 Å². The Morgan fingerprint density at radius 3 is 1.67 bits per heavy atom. The first-order chi connectivity index (χ1) is 10.1. The molecule has 1 aromatic rings. The Morgan fingerprint density at radius 2 is 1.29 bits per heavy atom. The van der Waals surface area contributed by atoms with Crippen molar-refractivity contribution in [2.24, 2.45) is 0 Å². The van der Waals surface area contributed by atoms with E-state index in [-0.39, 0.29) is 26.2 Å². The summed E-state index contributed by atoms with van der Waals surface area (Å²) in [6.07, 6.45) is 0. The van der Waals surface area contributed by atoms with Crippen LogP contribution in [0.25, 0.3) is 0 Å². The maximum absolute atomic E-state index is 11.8. The molecule has 0 unspecified atom stereocenters. The monoisotopic (exact) mass is 300 g/mol. The molecular weight excluding hydrogens is 280 g/mol. The lowest BCUT2D eigenvalue weighted by atomic mass is 10.1. The van der Waals surface area contributed by atoms with Gasteiger partial charge in [-0.15, -0.1) is 0 Å². The molecule has 0 radical (unpaired) electrons. The number of ketones is 1. The van der Waals surface area contributed by atoms with Crippen LogP contribution in [-0.2, 0) is 14.2 Å². The summed E-state index contributed by atoms with van der Waals surface area (Å²) in [6, 6.07) is 3.16. The highest BCUT2D eigenvalue weighted by Gasteiger charge is 2.18. The van der Waals surface area contributed by atoms with E-state index in [9.17, 15) is 4.79 Å². The summed E-state index contributed by atoms with van der Waals surface area (Å²) in [5.74, 6) is 0.859. The molecule has 0 heterocycles. The van der Waals surface area contributed by atoms with E-state index in [1.165, 1.54) is 28.3 Å². The molecule has 0 N–H and O–H groups in total. The first kappa shape index (κ1) is 17.2. The van der Waals surface area contributed by atoms with Crippen molar-refractivity contribution in [3.63, 3.8) is 0 Å². The third kappa shape index (κ3) is 5.22. The molecule has 21 heavy (non-hydrogen) atoms. The Hall–Kier alpha value is -1.83. The molecule has 1 rings (SSSR count). The van der Waals surface area contributed by atoms with Gasteiger partial charge in [0.2, 0.25) is 0 Å². The van der Waals surface area contributed by atoms with Crippen molar-refractivity contribution >= 4 is 5.78 Å². The van der Waals surface area contributed by atoms with Gasteiger partial charge < -0.3 is 28.4 Å². The van der Waals surface area contributed by atoms with Crippen LogP contribution in [0.15, 0.2) is 12.1 Å². The van der Waals surface area contributed by atoms with Crippen LogP contribution in [0.4, 0.5) is 0 Å². The quantitative estimate of drug-likeness (QED) is 0.482. The molecule has 0 saturated carbocycles. The van der Waals surface area contributed by atoms with Gasteiger partial charge in [0.05, 0.1) is 0 Å². The standard InChI is InChI=1S/C14H20O7/c1-10(15)14-12(20-8-17-3)5-11(19-7-16-2)6-13(14)21-9-18-4/h5-6H,7-9H2,1-4H3. The van der Waals surface area contributed by atoms with Crippen LogP contribution in [0.2, 0.25) is 0 Å². The number of ether oxygens (including phenoxy) is 6. The van der Waals surface area contributed by atoms with Gasteiger partial charge in [0.25, 0.3) is 0 Å². The van der Waals surface area contributed by atoms with Gasteiger partial charge in [-0.25, -0.2) is 0 Å². The Labute approximate surface area is 123 Å². The number of hydrogen-bond donors (Lipinski definition) is 0. The van der Waals surface area contributed by atoms with Gasteiger partial charge in [0.1, 0.15) is 22.8 Å². The van der Waals surface area contributed by atoms with E-state index in [1.54, 1.807) is 12.1 Å². The molecule has 0 atom stereocenters. The molecule has 118 valence electrons. The lowest BCUT2D eigenvalue weighted by Gasteiger charge is -2.16. The van der Waals surface area contributed by atoms with Gasteiger partial charge >= 0.3 is 0 Å². The first-order valence-electron chi connectivity index (χ1n) is 6.18. The normalized spacial score (nSPS) is 10.3. The van der Waals surface area contributed by atoms with E-state index in [0.717, 1.165) is 0 Å². The fraction of sp³-hybridized carbons (Fsp3) is 0.500. The van der Waals surface area contributed by atoms with Crippen molar-refractivity contribution in [2.75, 3.05) is 41.7 Å². The van der Waals surface area contributed by atoms with E-state index in [0.29, 0.717) is 22.8 Å². The second-order valence-corrected chi connectivity index (χ2v) is 4.00. The smallest absolute Gasteiger partial charge is 0.188 e. The van der Waals surface area contributed by atoms with Crippen LogP contribution >= 0.6 is 0 Å². The highest BCUT2D eigenvalue weighted by molar-refractivity contribution is 6.00. The highest BCUT2D eigenvalue weighted by atomic mass is 16.7. The van der Waals surface area contributed by atoms with Gasteiger partial charge in [0.15, 0.2) is 26.2 Å². The lowest BCUT2D eigenvalue weighted by Crippen LogP contribution is -2.09. The number of carbonyl (C=O) groups is 1. The third-order valence-electron chi connectivity index (χ3n) is 2.40. The van der Waals surface area contributed by atoms with Crippen LogP contribution < -0.4 is 14.2 Å². The van der Waals surface area contributed by atoms with Crippen molar-refractivity contribution in [3.8, 4) is 17.2 Å². The van der Waals surface area contributed by atoms with Gasteiger partial charge in [-0.1, -0.05) is 0 Å². The fourth-order valence-electron chi connectivity index (χ4n) is 1.60. The van der Waals surface area contributed by atoms with Crippen molar-refractivity contribution in [1.82, 2.24) is 0 Å². The molecule has 0 spiro atoms. The number of rotatable bonds is 10. The van der Waals surface area contributed by atoms with Crippen molar-refractivity contribution in [2.45, 2.75) is 6.92 Å². The topological polar surface area (TPSA) is 72.5 Å². The van der Waals surface area contributed by atoms with Gasteiger partial charge in [-0.05, 0) is 6.92 Å². The predicted octanol–water partition coefficient (Wildman–Crippen LogP) is 1.84. The molecule has 7 nitrogen and oxygen atoms in total. The maximum atomic E-state index is 11.8. The van der Waals surface area contributed by atoms with Crippen LogP contribution in [0, 0.1) is 0 Å². The Morgan fingerprint density at radius 1 is 0.857 bits per heavy atom. The average molecular weight is 300 g/mol. The van der Waals surface area contributed by atoms with Gasteiger partial charge in [-0.2, -0.15) is 0 Å². The van der Waals surface area contributed by atoms with Crippen molar-refractivity contribution in [3.05, 3.63) is 17.7 Å². The van der Waals surface area contributed by atoms with Crippen molar-refractivity contribution < 1.29 is 33.2 Å². The molecule has 7 heteroatoms. The number of benzene rings is 1. The summed E-state index contributed by atoms with van der Waals surface area (Å²) < 4.78 is 30.7. The first-order valence-corrected chi connectivity index (χ1v) is 6.18. The van der Waals surface area contributed by atoms with Crippen LogP contribution in [-0.4, -0.2) is 47.5 Å². The summed E-state index contributed by atoms with van der Waals surface area (Å²) >= 11 is 0. The summed E-state index contributed by atoms with van der Waals surface area (Å²) in [6.45, 7) is 1.48. The average Bonchev–Trinajstić information content (AvgIpc) is 2.47. The molecule has 1 aromatic carbocycles. The lowest BCUT2D eigenvalue weighted by molar-refractivity contribution is 0.0399. The predicted molar refractivity (Wildman–Crippen MR) is 74.0 cm³/mol. The zero-order valence-corrected chi connectivity index (χ0v) is 12.6. The highest BCUT2D eigenvalue weighted by Crippen LogP contribution is 2.35. The minimum Gasteiger partial charge on any atom is -0.467 e. The second kappa shape index (κ2) is 9.17. The molecule has 0 aliphatic carbocycles. The number of Topliss-reactive ketones (excluding diaryl/α,β-unsaturated/α-hetero) is 1. The molecular formula is C14H20O7. The molecule has 0 aliphatic heterocycles. The Kier molecular flexibility index (Phi) is 7.52. The largest absolute Gasteiger partial charge is 0.467 e. The zero-order chi connectivity index (χ0) is 15.7. The van der Waals surface area contributed by atoms with Crippen LogP contribution in [0.1, 0.15) is 17.3 Å². The number of carbonyl (C=O) groups excluding carboxylic acids is 1. The van der Waals surface area contributed by atoms with E-state index in [4.69, 9.17) is 28.4 Å². The second-order valence-electron chi connectivity index (χ2n) is 4.00. The van der Waals surface area contributed by atoms with E-state index < -0.39 is 0 Å². The molecule has 0 saturated heterocycles. The minimum atomic E-state index is -0.203. The Bertz CT molecular complexity index is 430. The minimum absolute atomic E-state index is 0.00225. The maximum Gasteiger partial charge on any atom is 0.188 e. The molecule has 0 aromatic heterocycles. The summed E-state index contributed by atoms with van der Waals surface area (Å²) in [7, 11) is 4.48. The van der Waals surface area contributed by atoms with Crippen LogP contribution in [0.5, 0.6) is 17.2 Å². The summed E-state index contributed by atoms with van der Waals surface area (Å²) in [5.41, 5.74) is 0.300. The van der Waals surface area contributed by atoms with E-state index >= 15 is 0 Å². The summed E-state index contributed by atoms with van der Waals surface area (Å²) in [4.78, 5) is 11.8. The van der Waals surface area contributed by atoms with E-state index in [1.807, 2.05) is 0 Å². The number of methoxy groups -OCH3 is 3. The van der Waals surface area contributed by atoms with E-state index in [2.05, 4.69) is 0 Å². The third-order valence-corrected chi connectivity index (χ3v) is 2.40. The molecule has 0 fully saturated rings. The Balaban J connectivity index is 3.17. The molecule has 0 amide bonds. The fourth-order valence-corrected chi connectivity index (χ4v) is 1.60.